The number of aromatic nitrogens is 2. The van der Waals surface area contributed by atoms with Gasteiger partial charge in [-0.3, -0.25) is 0 Å². The molecule has 0 amide bonds. The van der Waals surface area contributed by atoms with E-state index in [0.29, 0.717) is 0 Å². The minimum absolute atomic E-state index is 0.0530. The average Bonchev–Trinajstić information content (AvgIpc) is 3.09. The summed E-state index contributed by atoms with van der Waals surface area (Å²) in [4.78, 5) is 7.20. The summed E-state index contributed by atoms with van der Waals surface area (Å²) in [5, 5.41) is 4.79. The molecule has 20 heavy (non-hydrogen) atoms. The van der Waals surface area contributed by atoms with Gasteiger partial charge in [-0.1, -0.05) is 20.8 Å². The summed E-state index contributed by atoms with van der Waals surface area (Å²) in [7, 11) is 0. The van der Waals surface area contributed by atoms with Crippen LogP contribution in [0.5, 0.6) is 0 Å². The predicted molar refractivity (Wildman–Crippen MR) is 84.6 cm³/mol. The van der Waals surface area contributed by atoms with E-state index in [0.717, 1.165) is 36.0 Å². The van der Waals surface area contributed by atoms with E-state index in [-0.39, 0.29) is 5.41 Å². The van der Waals surface area contributed by atoms with Gasteiger partial charge < -0.3 is 10.2 Å². The Kier molecular flexibility index (Phi) is 4.00. The summed E-state index contributed by atoms with van der Waals surface area (Å²) in [5.74, 6) is 1.75. The van der Waals surface area contributed by atoms with Crippen LogP contribution >= 0.6 is 11.5 Å². The molecular formula is C15H26N4S. The van der Waals surface area contributed by atoms with Crippen LogP contribution in [-0.2, 0) is 5.41 Å². The first kappa shape index (κ1) is 14.3. The fourth-order valence-corrected chi connectivity index (χ4v) is 3.57. The SMILES string of the molecule is CC(C)(C)c1nsc(N2CCCC(CNC3CC3)C2)n1. The number of hydrogen-bond acceptors (Lipinski definition) is 5. The molecule has 0 aromatic carbocycles. The van der Waals surface area contributed by atoms with Crippen LogP contribution in [-0.4, -0.2) is 35.0 Å². The molecule has 1 aromatic rings. The Morgan fingerprint density at radius 2 is 2.10 bits per heavy atom. The maximum atomic E-state index is 4.76. The van der Waals surface area contributed by atoms with Crippen molar-refractivity contribution in [2.45, 2.75) is 57.9 Å². The van der Waals surface area contributed by atoms with Gasteiger partial charge in [0.1, 0.15) is 5.82 Å². The monoisotopic (exact) mass is 294 g/mol. The van der Waals surface area contributed by atoms with Crippen molar-refractivity contribution in [2.75, 3.05) is 24.5 Å². The minimum Gasteiger partial charge on any atom is -0.347 e. The van der Waals surface area contributed by atoms with Crippen LogP contribution in [0, 0.1) is 5.92 Å². The summed E-state index contributed by atoms with van der Waals surface area (Å²) in [5.41, 5.74) is 0.0530. The topological polar surface area (TPSA) is 41.1 Å². The van der Waals surface area contributed by atoms with Gasteiger partial charge >= 0.3 is 0 Å². The van der Waals surface area contributed by atoms with Crippen molar-refractivity contribution in [3.63, 3.8) is 0 Å². The van der Waals surface area contributed by atoms with Crippen molar-refractivity contribution in [1.82, 2.24) is 14.7 Å². The third-order valence-corrected chi connectivity index (χ3v) is 4.93. The van der Waals surface area contributed by atoms with Crippen LogP contribution in [0.4, 0.5) is 5.13 Å². The Balaban J connectivity index is 1.59. The van der Waals surface area contributed by atoms with Crippen molar-refractivity contribution in [3.8, 4) is 0 Å². The van der Waals surface area contributed by atoms with Gasteiger partial charge in [-0.2, -0.15) is 4.37 Å². The fraction of sp³-hybridized carbons (Fsp3) is 0.867. The molecule has 0 spiro atoms. The molecule has 1 saturated heterocycles. The molecule has 3 rings (SSSR count). The molecule has 1 atom stereocenters. The van der Waals surface area contributed by atoms with Gasteiger partial charge in [-0.25, -0.2) is 4.98 Å². The third-order valence-electron chi connectivity index (χ3n) is 4.15. The molecule has 0 radical (unpaired) electrons. The Labute approximate surface area is 126 Å². The zero-order valence-electron chi connectivity index (χ0n) is 12.9. The first-order valence-electron chi connectivity index (χ1n) is 7.85. The summed E-state index contributed by atoms with van der Waals surface area (Å²) in [6.07, 6.45) is 5.38. The predicted octanol–water partition coefficient (Wildman–Crippen LogP) is 2.80. The number of hydrogen-bond donors (Lipinski definition) is 1. The molecular weight excluding hydrogens is 268 g/mol. The first-order chi connectivity index (χ1) is 9.52. The molecule has 1 aliphatic carbocycles. The van der Waals surface area contributed by atoms with E-state index in [1.54, 1.807) is 11.5 Å². The summed E-state index contributed by atoms with van der Waals surface area (Å²) >= 11 is 1.57. The van der Waals surface area contributed by atoms with Gasteiger partial charge in [0.25, 0.3) is 0 Å². The van der Waals surface area contributed by atoms with E-state index >= 15 is 0 Å². The molecule has 1 unspecified atom stereocenters. The normalized spacial score (nSPS) is 24.1. The molecule has 0 bridgehead atoms. The van der Waals surface area contributed by atoms with Crippen LogP contribution < -0.4 is 10.2 Å². The van der Waals surface area contributed by atoms with E-state index in [1.165, 1.54) is 32.2 Å². The Hall–Kier alpha value is -0.680. The lowest BCUT2D eigenvalue weighted by atomic mass is 9.96. The second-order valence-corrected chi connectivity index (χ2v) is 8.02. The second kappa shape index (κ2) is 5.60. The third kappa shape index (κ3) is 3.50. The van der Waals surface area contributed by atoms with Crippen molar-refractivity contribution >= 4 is 16.7 Å². The molecule has 112 valence electrons. The lowest BCUT2D eigenvalue weighted by molar-refractivity contribution is 0.390. The molecule has 5 heteroatoms. The molecule has 1 aromatic heterocycles. The van der Waals surface area contributed by atoms with Crippen molar-refractivity contribution in [1.29, 1.82) is 0 Å². The lowest BCUT2D eigenvalue weighted by Crippen LogP contribution is -2.40. The van der Waals surface area contributed by atoms with Gasteiger partial charge in [0.05, 0.1) is 0 Å². The maximum Gasteiger partial charge on any atom is 0.205 e. The van der Waals surface area contributed by atoms with Crippen molar-refractivity contribution < 1.29 is 0 Å². The highest BCUT2D eigenvalue weighted by molar-refractivity contribution is 7.09. The van der Waals surface area contributed by atoms with Crippen LogP contribution in [0.3, 0.4) is 0 Å². The van der Waals surface area contributed by atoms with Crippen molar-refractivity contribution in [2.24, 2.45) is 5.92 Å². The lowest BCUT2D eigenvalue weighted by Gasteiger charge is -2.32. The number of nitrogens with one attached hydrogen (secondary N) is 1. The van der Waals surface area contributed by atoms with E-state index < -0.39 is 0 Å². The molecule has 1 aliphatic heterocycles. The zero-order valence-corrected chi connectivity index (χ0v) is 13.7. The first-order valence-corrected chi connectivity index (χ1v) is 8.62. The number of piperidine rings is 1. The Bertz CT molecular complexity index is 447. The van der Waals surface area contributed by atoms with Gasteiger partial charge in [0.15, 0.2) is 0 Å². The molecule has 2 heterocycles. The molecule has 2 fully saturated rings. The molecule has 2 aliphatic rings. The highest BCUT2D eigenvalue weighted by Crippen LogP contribution is 2.29. The summed E-state index contributed by atoms with van der Waals surface area (Å²) in [6, 6.07) is 0.819. The van der Waals surface area contributed by atoms with Crippen LogP contribution in [0.1, 0.15) is 52.3 Å². The quantitative estimate of drug-likeness (QED) is 0.927. The van der Waals surface area contributed by atoms with Gasteiger partial charge in [0, 0.05) is 36.1 Å². The second-order valence-electron chi connectivity index (χ2n) is 7.29. The maximum absolute atomic E-state index is 4.76. The summed E-state index contributed by atoms with van der Waals surface area (Å²) < 4.78 is 4.55. The average molecular weight is 294 g/mol. The number of nitrogens with zero attached hydrogens (tertiary/aromatic N) is 3. The number of anilines is 1. The van der Waals surface area contributed by atoms with Crippen LogP contribution in [0.25, 0.3) is 0 Å². The smallest absolute Gasteiger partial charge is 0.205 e. The van der Waals surface area contributed by atoms with E-state index in [4.69, 9.17) is 4.98 Å². The van der Waals surface area contributed by atoms with Gasteiger partial charge in [0.2, 0.25) is 5.13 Å². The zero-order chi connectivity index (χ0) is 14.2. The van der Waals surface area contributed by atoms with E-state index in [1.807, 2.05) is 0 Å². The highest BCUT2D eigenvalue weighted by atomic mass is 32.1. The summed E-state index contributed by atoms with van der Waals surface area (Å²) in [6.45, 7) is 9.98. The molecule has 1 N–H and O–H groups in total. The molecule has 1 saturated carbocycles. The van der Waals surface area contributed by atoms with Crippen LogP contribution in [0.2, 0.25) is 0 Å². The molecule has 4 nitrogen and oxygen atoms in total. The fourth-order valence-electron chi connectivity index (χ4n) is 2.67. The Morgan fingerprint density at radius 3 is 2.75 bits per heavy atom. The van der Waals surface area contributed by atoms with Crippen LogP contribution in [0.15, 0.2) is 0 Å². The highest BCUT2D eigenvalue weighted by Gasteiger charge is 2.27. The van der Waals surface area contributed by atoms with E-state index in [9.17, 15) is 0 Å². The standard InChI is InChI=1S/C15H26N4S/c1-15(2,3)13-17-14(20-18-13)19-8-4-5-11(10-19)9-16-12-6-7-12/h11-12,16H,4-10H2,1-3H3. The van der Waals surface area contributed by atoms with Crippen molar-refractivity contribution in [3.05, 3.63) is 5.82 Å². The Morgan fingerprint density at radius 1 is 1.30 bits per heavy atom. The largest absolute Gasteiger partial charge is 0.347 e. The minimum atomic E-state index is 0.0530. The van der Waals surface area contributed by atoms with Gasteiger partial charge in [-0.15, -0.1) is 0 Å². The van der Waals surface area contributed by atoms with Gasteiger partial charge in [-0.05, 0) is 38.1 Å². The number of rotatable bonds is 4. The van der Waals surface area contributed by atoms with E-state index in [2.05, 4.69) is 35.4 Å².